The van der Waals surface area contributed by atoms with Crippen molar-refractivity contribution < 1.29 is 8.78 Å². The molecule has 0 amide bonds. The third-order valence-electron chi connectivity index (χ3n) is 3.07. The second-order valence-corrected chi connectivity index (χ2v) is 5.29. The molecule has 0 aliphatic rings. The van der Waals surface area contributed by atoms with E-state index >= 15 is 0 Å². The van der Waals surface area contributed by atoms with E-state index in [0.717, 1.165) is 11.6 Å². The van der Waals surface area contributed by atoms with Crippen LogP contribution in [0.25, 0.3) is 16.9 Å². The van der Waals surface area contributed by atoms with Gasteiger partial charge in [0.1, 0.15) is 11.5 Å². The molecular weight excluding hydrogens is 340 g/mol. The average molecular weight is 350 g/mol. The predicted octanol–water partition coefficient (Wildman–Crippen LogP) is 4.16. The lowest BCUT2D eigenvalue weighted by atomic mass is 10.1. The van der Waals surface area contributed by atoms with Gasteiger partial charge in [0.15, 0.2) is 5.82 Å². The number of halogens is 3. The van der Waals surface area contributed by atoms with Gasteiger partial charge >= 0.3 is 0 Å². The van der Waals surface area contributed by atoms with Crippen molar-refractivity contribution in [3.05, 3.63) is 64.8 Å². The van der Waals surface area contributed by atoms with Crippen molar-refractivity contribution in [2.24, 2.45) is 0 Å². The van der Waals surface area contributed by atoms with Gasteiger partial charge in [0, 0.05) is 21.8 Å². The highest BCUT2D eigenvalue weighted by Crippen LogP contribution is 2.31. The van der Waals surface area contributed by atoms with Crippen LogP contribution in [0.3, 0.4) is 0 Å². The number of hydrogen-bond acceptors (Lipinski definition) is 2. The Morgan fingerprint density at radius 1 is 1.10 bits per heavy atom. The van der Waals surface area contributed by atoms with E-state index in [1.54, 1.807) is 12.1 Å². The number of para-hydroxylation sites is 1. The molecule has 0 saturated carbocycles. The van der Waals surface area contributed by atoms with Crippen molar-refractivity contribution in [3.63, 3.8) is 0 Å². The zero-order valence-electron chi connectivity index (χ0n) is 10.7. The maximum Gasteiger partial charge on any atom is 0.152 e. The second-order valence-electron chi connectivity index (χ2n) is 4.43. The molecule has 6 heteroatoms. The average Bonchev–Trinajstić information content (AvgIpc) is 2.87. The summed E-state index contributed by atoms with van der Waals surface area (Å²) in [6.45, 7) is 0. The van der Waals surface area contributed by atoms with Crippen LogP contribution in [0.4, 0.5) is 14.5 Å². The lowest BCUT2D eigenvalue weighted by Crippen LogP contribution is -2.04. The van der Waals surface area contributed by atoms with Gasteiger partial charge in [0.05, 0.1) is 11.9 Å². The Balaban J connectivity index is 2.24. The highest BCUT2D eigenvalue weighted by atomic mass is 79.9. The highest BCUT2D eigenvalue weighted by molar-refractivity contribution is 9.10. The fourth-order valence-electron chi connectivity index (χ4n) is 2.15. The SMILES string of the molecule is Nc1ccccc1-c1ccnn1-c1c(F)cc(F)cc1Br. The molecule has 0 unspecified atom stereocenters. The lowest BCUT2D eigenvalue weighted by Gasteiger charge is -2.12. The first-order valence-electron chi connectivity index (χ1n) is 6.12. The normalized spacial score (nSPS) is 10.8. The number of anilines is 1. The van der Waals surface area contributed by atoms with Crippen LogP contribution >= 0.6 is 15.9 Å². The van der Waals surface area contributed by atoms with Gasteiger partial charge in [0.2, 0.25) is 0 Å². The molecule has 0 aliphatic heterocycles. The van der Waals surface area contributed by atoms with Gasteiger partial charge in [0.25, 0.3) is 0 Å². The van der Waals surface area contributed by atoms with E-state index in [1.807, 2.05) is 18.2 Å². The zero-order chi connectivity index (χ0) is 15.0. The Morgan fingerprint density at radius 3 is 2.57 bits per heavy atom. The van der Waals surface area contributed by atoms with Crippen molar-refractivity contribution in [2.75, 3.05) is 5.73 Å². The minimum Gasteiger partial charge on any atom is -0.398 e. The number of aromatic nitrogens is 2. The van der Waals surface area contributed by atoms with Crippen molar-refractivity contribution >= 4 is 21.6 Å². The van der Waals surface area contributed by atoms with Gasteiger partial charge in [-0.25, -0.2) is 13.5 Å². The summed E-state index contributed by atoms with van der Waals surface area (Å²) in [6.07, 6.45) is 1.54. The molecule has 0 atom stereocenters. The van der Waals surface area contributed by atoms with Crippen LogP contribution in [-0.2, 0) is 0 Å². The van der Waals surface area contributed by atoms with Crippen LogP contribution < -0.4 is 5.73 Å². The van der Waals surface area contributed by atoms with E-state index in [0.29, 0.717) is 11.4 Å². The molecule has 0 spiro atoms. The van der Waals surface area contributed by atoms with Crippen LogP contribution in [0.5, 0.6) is 0 Å². The second kappa shape index (κ2) is 5.29. The maximum atomic E-state index is 14.1. The van der Waals surface area contributed by atoms with Crippen molar-refractivity contribution in [1.82, 2.24) is 9.78 Å². The maximum absolute atomic E-state index is 14.1. The molecule has 0 radical (unpaired) electrons. The van der Waals surface area contributed by atoms with Gasteiger partial charge in [-0.1, -0.05) is 18.2 Å². The standard InChI is InChI=1S/C15H10BrF2N3/c16-11-7-9(17)8-12(18)15(11)21-14(5-6-20-21)10-3-1-2-4-13(10)19/h1-8H,19H2. The molecular formula is C15H10BrF2N3. The minimum absolute atomic E-state index is 0.139. The van der Waals surface area contributed by atoms with Crippen LogP contribution in [0.2, 0.25) is 0 Å². The molecule has 0 aliphatic carbocycles. The minimum atomic E-state index is -0.707. The van der Waals surface area contributed by atoms with Crippen LogP contribution in [0, 0.1) is 11.6 Å². The fourth-order valence-corrected chi connectivity index (χ4v) is 2.73. The summed E-state index contributed by atoms with van der Waals surface area (Å²) in [5.74, 6) is -1.36. The molecule has 21 heavy (non-hydrogen) atoms. The lowest BCUT2D eigenvalue weighted by molar-refractivity contribution is 0.572. The Labute approximate surface area is 128 Å². The number of rotatable bonds is 2. The predicted molar refractivity (Wildman–Crippen MR) is 81.0 cm³/mol. The fraction of sp³-hybridized carbons (Fsp3) is 0. The topological polar surface area (TPSA) is 43.8 Å². The molecule has 0 fully saturated rings. The van der Waals surface area contributed by atoms with Gasteiger partial charge < -0.3 is 5.73 Å². The number of benzene rings is 2. The van der Waals surface area contributed by atoms with Crippen LogP contribution in [0.1, 0.15) is 0 Å². The van der Waals surface area contributed by atoms with E-state index in [9.17, 15) is 8.78 Å². The molecule has 2 N–H and O–H groups in total. The van der Waals surface area contributed by atoms with Gasteiger partial charge in [-0.2, -0.15) is 5.10 Å². The van der Waals surface area contributed by atoms with Crippen molar-refractivity contribution in [2.45, 2.75) is 0 Å². The molecule has 3 nitrogen and oxygen atoms in total. The highest BCUT2D eigenvalue weighted by Gasteiger charge is 2.17. The zero-order valence-corrected chi connectivity index (χ0v) is 12.3. The quantitative estimate of drug-likeness (QED) is 0.706. The number of nitrogens with zero attached hydrogens (tertiary/aromatic N) is 2. The summed E-state index contributed by atoms with van der Waals surface area (Å²) in [5, 5.41) is 4.12. The number of hydrogen-bond donors (Lipinski definition) is 1. The van der Waals surface area contributed by atoms with E-state index in [-0.39, 0.29) is 10.2 Å². The van der Waals surface area contributed by atoms with Crippen LogP contribution in [0.15, 0.2) is 53.1 Å². The Hall–Kier alpha value is -2.21. The molecule has 0 saturated heterocycles. The molecule has 1 heterocycles. The Morgan fingerprint density at radius 2 is 1.86 bits per heavy atom. The van der Waals surface area contributed by atoms with Gasteiger partial charge in [-0.3, -0.25) is 0 Å². The number of nitrogens with two attached hydrogens (primary N) is 1. The van der Waals surface area contributed by atoms with E-state index in [1.165, 1.54) is 16.9 Å². The smallest absolute Gasteiger partial charge is 0.152 e. The molecule has 106 valence electrons. The van der Waals surface area contributed by atoms with Gasteiger partial charge in [-0.05, 0) is 34.1 Å². The third-order valence-corrected chi connectivity index (χ3v) is 3.68. The first kappa shape index (κ1) is 13.8. The summed E-state index contributed by atoms with van der Waals surface area (Å²) >= 11 is 3.17. The third kappa shape index (κ3) is 2.42. The molecule has 3 rings (SSSR count). The molecule has 3 aromatic rings. The van der Waals surface area contributed by atoms with Crippen LogP contribution in [-0.4, -0.2) is 9.78 Å². The van der Waals surface area contributed by atoms with Crippen molar-refractivity contribution in [3.8, 4) is 16.9 Å². The first-order chi connectivity index (χ1) is 10.1. The Kier molecular flexibility index (Phi) is 3.47. The summed E-state index contributed by atoms with van der Waals surface area (Å²) in [6, 6.07) is 11.0. The van der Waals surface area contributed by atoms with Gasteiger partial charge in [-0.15, -0.1) is 0 Å². The van der Waals surface area contributed by atoms with Crippen molar-refractivity contribution in [1.29, 1.82) is 0 Å². The monoisotopic (exact) mass is 349 g/mol. The largest absolute Gasteiger partial charge is 0.398 e. The first-order valence-corrected chi connectivity index (χ1v) is 6.91. The van der Waals surface area contributed by atoms with E-state index in [2.05, 4.69) is 21.0 Å². The summed E-state index contributed by atoms with van der Waals surface area (Å²) in [4.78, 5) is 0. The van der Waals surface area contributed by atoms with E-state index < -0.39 is 11.6 Å². The number of nitrogen functional groups attached to an aromatic ring is 1. The van der Waals surface area contributed by atoms with E-state index in [4.69, 9.17) is 5.73 Å². The molecule has 2 aromatic carbocycles. The summed E-state index contributed by atoms with van der Waals surface area (Å²) in [5.41, 5.74) is 8.00. The summed E-state index contributed by atoms with van der Waals surface area (Å²) in [7, 11) is 0. The Bertz CT molecular complexity index is 791. The molecule has 1 aromatic heterocycles. The molecule has 0 bridgehead atoms. The summed E-state index contributed by atoms with van der Waals surface area (Å²) < 4.78 is 29.0.